The van der Waals surface area contributed by atoms with E-state index in [1.54, 1.807) is 38.3 Å². The lowest BCUT2D eigenvalue weighted by atomic mass is 10.0. The molecule has 0 radical (unpaired) electrons. The molecule has 9 nitrogen and oxygen atoms in total. The Morgan fingerprint density at radius 3 is 2.42 bits per heavy atom. The number of fused-ring (bicyclic) bond motifs is 1. The van der Waals surface area contributed by atoms with Crippen LogP contribution in [-0.4, -0.2) is 47.8 Å². The molecule has 0 amide bonds. The Kier molecular flexibility index (Phi) is 8.72. The van der Waals surface area contributed by atoms with Crippen molar-refractivity contribution >= 4 is 16.8 Å². The smallest absolute Gasteiger partial charge is 0.266 e. The van der Waals surface area contributed by atoms with Gasteiger partial charge in [-0.15, -0.1) is 0 Å². The van der Waals surface area contributed by atoms with Crippen molar-refractivity contribution in [2.45, 2.75) is 13.3 Å². The Morgan fingerprint density at radius 1 is 0.907 bits per heavy atom. The highest BCUT2D eigenvalue weighted by molar-refractivity contribution is 5.97. The molecular formula is C32H27F2N3O6. The third kappa shape index (κ3) is 6.36. The summed E-state index contributed by atoms with van der Waals surface area (Å²) in [5.74, 6) is -0.945. The lowest BCUT2D eigenvalue weighted by molar-refractivity contribution is 0.0991. The number of Topliss-reactive ketones (excluding diaryl/α,β-unsaturated/α-hetero) is 1. The van der Waals surface area contributed by atoms with E-state index in [1.165, 1.54) is 60.3 Å². The maximum absolute atomic E-state index is 15.2. The van der Waals surface area contributed by atoms with Crippen molar-refractivity contribution in [3.05, 3.63) is 112 Å². The fraction of sp³-hybridized carbons (Fsp3) is 0.188. The van der Waals surface area contributed by atoms with Gasteiger partial charge in [0.25, 0.3) is 11.4 Å². The predicted octanol–water partition coefficient (Wildman–Crippen LogP) is 5.62. The van der Waals surface area contributed by atoms with Crippen molar-refractivity contribution in [3.8, 4) is 28.8 Å². The molecule has 0 N–H and O–H groups in total. The van der Waals surface area contributed by atoms with E-state index >= 15 is 4.39 Å². The number of methoxy groups -OCH3 is 2. The molecule has 0 saturated heterocycles. The highest BCUT2D eigenvalue weighted by atomic mass is 19.1. The number of nitrogens with zero attached hydrogens (tertiary/aromatic N) is 3. The number of hydrogen-bond donors (Lipinski definition) is 0. The molecule has 0 aliphatic carbocycles. The second-order valence-electron chi connectivity index (χ2n) is 9.49. The van der Waals surface area contributed by atoms with Crippen molar-refractivity contribution in [1.82, 2.24) is 14.5 Å². The van der Waals surface area contributed by atoms with Crippen LogP contribution in [0.2, 0.25) is 0 Å². The normalized spacial score (nSPS) is 11.0. The van der Waals surface area contributed by atoms with Gasteiger partial charge in [0.15, 0.2) is 28.8 Å². The first kappa shape index (κ1) is 29.3. The van der Waals surface area contributed by atoms with E-state index in [0.717, 1.165) is 0 Å². The number of ketones is 1. The minimum absolute atomic E-state index is 0.0653. The zero-order valence-corrected chi connectivity index (χ0v) is 23.6. The first-order chi connectivity index (χ1) is 20.8. The third-order valence-electron chi connectivity index (χ3n) is 6.59. The Hall–Kier alpha value is -5.16. The van der Waals surface area contributed by atoms with Gasteiger partial charge in [0.1, 0.15) is 17.9 Å². The number of aromatic nitrogens is 3. The highest BCUT2D eigenvalue weighted by Crippen LogP contribution is 2.35. The Morgan fingerprint density at radius 2 is 1.70 bits per heavy atom. The third-order valence-corrected chi connectivity index (χ3v) is 6.59. The van der Waals surface area contributed by atoms with E-state index in [9.17, 15) is 14.0 Å². The molecule has 0 saturated carbocycles. The van der Waals surface area contributed by atoms with Gasteiger partial charge in [-0.25, -0.2) is 13.8 Å². The number of halogens is 2. The van der Waals surface area contributed by atoms with Crippen LogP contribution in [-0.2, 0) is 11.2 Å². The van der Waals surface area contributed by atoms with Crippen LogP contribution in [0.15, 0.2) is 77.7 Å². The molecule has 5 aromatic rings. The molecule has 0 fully saturated rings. The van der Waals surface area contributed by atoms with Gasteiger partial charge in [0, 0.05) is 43.2 Å². The van der Waals surface area contributed by atoms with Crippen LogP contribution in [0.5, 0.6) is 23.1 Å². The van der Waals surface area contributed by atoms with Crippen molar-refractivity contribution in [1.29, 1.82) is 0 Å². The van der Waals surface area contributed by atoms with Gasteiger partial charge in [-0.2, -0.15) is 0 Å². The van der Waals surface area contributed by atoms with E-state index in [1.807, 2.05) is 0 Å². The summed E-state index contributed by atoms with van der Waals surface area (Å²) in [7, 11) is 3.01. The van der Waals surface area contributed by atoms with Crippen molar-refractivity contribution in [2.75, 3.05) is 27.4 Å². The van der Waals surface area contributed by atoms with Gasteiger partial charge in [-0.3, -0.25) is 19.1 Å². The molecule has 11 heteroatoms. The fourth-order valence-electron chi connectivity index (χ4n) is 4.47. The molecule has 0 atom stereocenters. The van der Waals surface area contributed by atoms with Crippen LogP contribution >= 0.6 is 0 Å². The number of carbonyl (C=O) groups excluding carboxylic acids is 1. The first-order valence-corrected chi connectivity index (χ1v) is 13.2. The van der Waals surface area contributed by atoms with E-state index in [0.29, 0.717) is 40.3 Å². The van der Waals surface area contributed by atoms with Crippen molar-refractivity contribution in [2.24, 2.45) is 0 Å². The zero-order chi connectivity index (χ0) is 30.5. The Balaban J connectivity index is 1.37. The molecule has 0 aliphatic heterocycles. The largest absolute Gasteiger partial charge is 0.485 e. The van der Waals surface area contributed by atoms with Gasteiger partial charge in [0.05, 0.1) is 24.8 Å². The van der Waals surface area contributed by atoms with Gasteiger partial charge in [-0.1, -0.05) is 6.07 Å². The Labute approximate surface area is 245 Å². The standard InChI is InChI=1S/C32H27F2N3O6/c1-19-4-10-23(32(39)37(19)22-8-6-21(33)7-9-22)26(38)17-20-5-11-27(24(34)16-20)43-28-12-13-35-25-18-29(42-15-14-40-2)31(41-3)36-30(25)28/h4-13,16,18H,14-15,17H2,1-3H3. The second kappa shape index (κ2) is 12.8. The predicted molar refractivity (Wildman–Crippen MR) is 155 cm³/mol. The molecule has 0 aliphatic rings. The minimum Gasteiger partial charge on any atom is -0.485 e. The van der Waals surface area contributed by atoms with Gasteiger partial charge < -0.3 is 18.9 Å². The fourth-order valence-corrected chi connectivity index (χ4v) is 4.47. The van der Waals surface area contributed by atoms with Gasteiger partial charge >= 0.3 is 0 Å². The molecule has 5 rings (SSSR count). The van der Waals surface area contributed by atoms with Crippen LogP contribution in [0, 0.1) is 18.6 Å². The quantitative estimate of drug-likeness (QED) is 0.145. The number of ether oxygens (including phenoxy) is 4. The average Bonchev–Trinajstić information content (AvgIpc) is 2.99. The summed E-state index contributed by atoms with van der Waals surface area (Å²) >= 11 is 0. The summed E-state index contributed by atoms with van der Waals surface area (Å²) in [6.45, 7) is 2.36. The van der Waals surface area contributed by atoms with E-state index in [-0.39, 0.29) is 36.0 Å². The molecule has 43 heavy (non-hydrogen) atoms. The summed E-state index contributed by atoms with van der Waals surface area (Å²) in [5, 5.41) is 0. The van der Waals surface area contributed by atoms with Crippen LogP contribution in [0.1, 0.15) is 21.6 Å². The second-order valence-corrected chi connectivity index (χ2v) is 9.49. The SMILES string of the molecule is COCCOc1cc2nccc(Oc3ccc(CC(=O)c4ccc(C)n(-c5ccc(F)cc5)c4=O)cc3F)c2nc1OC. The first-order valence-electron chi connectivity index (χ1n) is 13.2. The minimum atomic E-state index is -0.714. The molecule has 2 aromatic carbocycles. The molecule has 0 unspecified atom stereocenters. The van der Waals surface area contributed by atoms with Crippen LogP contribution in [0.25, 0.3) is 16.7 Å². The number of hydrogen-bond acceptors (Lipinski definition) is 8. The summed E-state index contributed by atoms with van der Waals surface area (Å²) in [6.07, 6.45) is 1.28. The van der Waals surface area contributed by atoms with E-state index in [4.69, 9.17) is 18.9 Å². The van der Waals surface area contributed by atoms with Crippen LogP contribution in [0.3, 0.4) is 0 Å². The van der Waals surface area contributed by atoms with Crippen LogP contribution < -0.4 is 19.8 Å². The number of benzene rings is 2. The van der Waals surface area contributed by atoms with Crippen molar-refractivity contribution in [3.63, 3.8) is 0 Å². The number of carbonyl (C=O) groups is 1. The molecule has 220 valence electrons. The van der Waals surface area contributed by atoms with Crippen LogP contribution in [0.4, 0.5) is 8.78 Å². The van der Waals surface area contributed by atoms with E-state index in [2.05, 4.69) is 9.97 Å². The lowest BCUT2D eigenvalue weighted by Gasteiger charge is -2.13. The molecular weight excluding hydrogens is 560 g/mol. The number of rotatable bonds is 11. The summed E-state index contributed by atoms with van der Waals surface area (Å²) in [4.78, 5) is 35.1. The highest BCUT2D eigenvalue weighted by Gasteiger charge is 2.18. The molecule has 0 bridgehead atoms. The summed E-state index contributed by atoms with van der Waals surface area (Å²) < 4.78 is 51.8. The molecule has 3 heterocycles. The lowest BCUT2D eigenvalue weighted by Crippen LogP contribution is -2.27. The number of aryl methyl sites for hydroxylation is 1. The Bertz CT molecular complexity index is 1860. The maximum atomic E-state index is 15.2. The molecule has 3 aromatic heterocycles. The number of pyridine rings is 3. The summed E-state index contributed by atoms with van der Waals surface area (Å²) in [5.41, 5.74) is 1.51. The van der Waals surface area contributed by atoms with E-state index < -0.39 is 23.0 Å². The summed E-state index contributed by atoms with van der Waals surface area (Å²) in [6, 6.07) is 15.8. The van der Waals surface area contributed by atoms with Crippen molar-refractivity contribution < 1.29 is 32.5 Å². The zero-order valence-electron chi connectivity index (χ0n) is 23.6. The average molecular weight is 588 g/mol. The molecule has 0 spiro atoms. The van der Waals surface area contributed by atoms with Gasteiger partial charge in [0.2, 0.25) is 0 Å². The van der Waals surface area contributed by atoms with Gasteiger partial charge in [-0.05, 0) is 61.0 Å². The maximum Gasteiger partial charge on any atom is 0.266 e. The monoisotopic (exact) mass is 587 g/mol. The topological polar surface area (TPSA) is 102 Å².